The van der Waals surface area contributed by atoms with Crippen molar-refractivity contribution in [3.8, 4) is 0 Å². The number of rotatable bonds is 10. The van der Waals surface area contributed by atoms with Crippen LogP contribution in [0.2, 0.25) is 0 Å². The topological polar surface area (TPSA) is 89.6 Å². The zero-order chi connectivity index (χ0) is 23.0. The zero-order valence-corrected chi connectivity index (χ0v) is 20.1. The number of hydrogen-bond donors (Lipinski definition) is 2. The summed E-state index contributed by atoms with van der Waals surface area (Å²) in [6.45, 7) is 11.2. The van der Waals surface area contributed by atoms with Gasteiger partial charge in [0.15, 0.2) is 0 Å². The molecule has 0 radical (unpaired) electrons. The highest BCUT2D eigenvalue weighted by Crippen LogP contribution is 2.68. The van der Waals surface area contributed by atoms with Crippen LogP contribution in [0.5, 0.6) is 0 Å². The number of allylic oxidation sites excluding steroid dienone is 2. The molecule has 8 atom stereocenters. The quantitative estimate of drug-likeness (QED) is 0.234. The fourth-order valence-corrected chi connectivity index (χ4v) is 5.65. The third kappa shape index (κ3) is 5.17. The number of carbonyl (C=O) groups excluding carboxylic acids is 1. The van der Waals surface area contributed by atoms with E-state index in [4.69, 9.17) is 18.9 Å². The molecule has 2 aliphatic carbocycles. The number of epoxide rings is 1. The van der Waals surface area contributed by atoms with Crippen molar-refractivity contribution in [1.29, 1.82) is 0 Å². The molecule has 1 spiro atoms. The Hall–Kier alpha value is -0.990. The molecule has 0 unspecified atom stereocenters. The van der Waals surface area contributed by atoms with Crippen LogP contribution in [0.15, 0.2) is 11.6 Å². The molecule has 0 aromatic rings. The highest BCUT2D eigenvalue weighted by molar-refractivity contribution is 5.75. The molecule has 1 heterocycles. The Labute approximate surface area is 186 Å². The summed E-state index contributed by atoms with van der Waals surface area (Å²) in [7, 11) is 3.06. The van der Waals surface area contributed by atoms with E-state index in [1.54, 1.807) is 7.11 Å². The first kappa shape index (κ1) is 24.6. The zero-order valence-electron chi connectivity index (χ0n) is 20.1. The van der Waals surface area contributed by atoms with Crippen molar-refractivity contribution in [2.45, 2.75) is 90.6 Å². The van der Waals surface area contributed by atoms with Crippen LogP contribution < -0.4 is 5.32 Å². The lowest BCUT2D eigenvalue weighted by molar-refractivity contribution is -0.220. The van der Waals surface area contributed by atoms with Gasteiger partial charge in [-0.3, -0.25) is 10.1 Å². The monoisotopic (exact) mass is 439 g/mol. The number of methoxy groups -OCH3 is 2. The Bertz CT molecular complexity index is 671. The van der Waals surface area contributed by atoms with E-state index in [2.05, 4.69) is 32.2 Å². The molecular formula is C24H41NO6. The molecule has 7 nitrogen and oxygen atoms in total. The Balaban J connectivity index is 1.70. The maximum absolute atomic E-state index is 12.0. The summed E-state index contributed by atoms with van der Waals surface area (Å²) in [6.07, 6.45) is 4.45. The summed E-state index contributed by atoms with van der Waals surface area (Å²) >= 11 is 0. The minimum absolute atomic E-state index is 0.0487. The number of ether oxygens (including phenoxy) is 4. The molecule has 7 heteroatoms. The first-order chi connectivity index (χ1) is 14.6. The van der Waals surface area contributed by atoms with E-state index >= 15 is 0 Å². The van der Waals surface area contributed by atoms with Crippen molar-refractivity contribution in [1.82, 2.24) is 5.32 Å². The van der Waals surface area contributed by atoms with Crippen LogP contribution in [0.4, 0.5) is 0 Å². The Morgan fingerprint density at radius 2 is 2.00 bits per heavy atom. The van der Waals surface area contributed by atoms with Crippen molar-refractivity contribution in [3.63, 3.8) is 0 Å². The third-order valence-corrected chi connectivity index (χ3v) is 7.63. The maximum Gasteiger partial charge on any atom is 0.323 e. The molecule has 2 saturated carbocycles. The maximum atomic E-state index is 12.0. The Morgan fingerprint density at radius 3 is 2.52 bits per heavy atom. The predicted molar refractivity (Wildman–Crippen MR) is 117 cm³/mol. The Morgan fingerprint density at radius 1 is 1.32 bits per heavy atom. The standard InChI is InChI=1S/C24H41NO6/c1-14(2)8-9-16-12-23(16,5)20-19(28-6)17(10-11-24(20)13-30-24)31-22(27)25-18(15(3)4)21(26)29-7/h8,15-20,22,25,27H,9-13H2,1-7H3/t16-,17+,18-,19+,20+,22-,23-,24-/m0/s1. The number of aliphatic hydroxyl groups is 1. The van der Waals surface area contributed by atoms with Crippen LogP contribution in [-0.4, -0.2) is 62.2 Å². The van der Waals surface area contributed by atoms with Crippen LogP contribution >= 0.6 is 0 Å². The second kappa shape index (κ2) is 9.48. The lowest BCUT2D eigenvalue weighted by Crippen LogP contribution is -2.56. The van der Waals surface area contributed by atoms with E-state index in [0.29, 0.717) is 5.92 Å². The van der Waals surface area contributed by atoms with Gasteiger partial charge in [-0.1, -0.05) is 32.4 Å². The van der Waals surface area contributed by atoms with Crippen LogP contribution in [0, 0.1) is 23.2 Å². The average Bonchev–Trinajstić information content (AvgIpc) is 3.62. The summed E-state index contributed by atoms with van der Waals surface area (Å²) in [5.41, 5.74) is 1.36. The number of aliphatic hydroxyl groups excluding tert-OH is 1. The molecule has 178 valence electrons. The molecule has 0 aromatic heterocycles. The SMILES string of the molecule is COC(=O)[C@@H](N[C@@H](O)O[C@@H]1CC[C@]2(CO2)[C@@H]([C@@]2(C)C[C@@H]2CC=C(C)C)[C@@H]1OC)C(C)C. The summed E-state index contributed by atoms with van der Waals surface area (Å²) in [5.74, 6) is 0.360. The molecule has 0 aromatic carbocycles. The molecule has 1 aliphatic heterocycles. The molecule has 31 heavy (non-hydrogen) atoms. The smallest absolute Gasteiger partial charge is 0.323 e. The molecule has 3 fully saturated rings. The molecule has 3 rings (SSSR count). The second-order valence-corrected chi connectivity index (χ2v) is 10.4. The van der Waals surface area contributed by atoms with Crippen LogP contribution in [-0.2, 0) is 23.7 Å². The molecule has 1 saturated heterocycles. The fourth-order valence-electron chi connectivity index (χ4n) is 5.65. The summed E-state index contributed by atoms with van der Waals surface area (Å²) in [5, 5.41) is 13.5. The number of hydrogen-bond acceptors (Lipinski definition) is 7. The van der Waals surface area contributed by atoms with E-state index < -0.39 is 18.4 Å². The molecular weight excluding hydrogens is 398 g/mol. The van der Waals surface area contributed by atoms with Gasteiger partial charge in [0.1, 0.15) is 6.04 Å². The largest absolute Gasteiger partial charge is 0.468 e. The van der Waals surface area contributed by atoms with Gasteiger partial charge >= 0.3 is 5.97 Å². The molecule has 3 aliphatic rings. The normalized spacial score (nSPS) is 38.6. The number of nitrogens with one attached hydrogen (secondary N) is 1. The minimum atomic E-state index is -1.28. The summed E-state index contributed by atoms with van der Waals surface area (Å²) in [6, 6.07) is -0.645. The van der Waals surface area contributed by atoms with E-state index in [0.717, 1.165) is 32.3 Å². The van der Waals surface area contributed by atoms with Gasteiger partial charge in [-0.25, -0.2) is 0 Å². The van der Waals surface area contributed by atoms with E-state index in [9.17, 15) is 9.90 Å². The van der Waals surface area contributed by atoms with Crippen molar-refractivity contribution in [2.75, 3.05) is 20.8 Å². The second-order valence-electron chi connectivity index (χ2n) is 10.4. The highest BCUT2D eigenvalue weighted by atomic mass is 16.6. The third-order valence-electron chi connectivity index (χ3n) is 7.63. The van der Waals surface area contributed by atoms with Crippen molar-refractivity contribution < 1.29 is 28.8 Å². The molecule has 0 bridgehead atoms. The van der Waals surface area contributed by atoms with Gasteiger partial charge in [-0.15, -0.1) is 0 Å². The lowest BCUT2D eigenvalue weighted by Gasteiger charge is -2.45. The number of esters is 1. The van der Waals surface area contributed by atoms with E-state index in [1.807, 2.05) is 13.8 Å². The summed E-state index contributed by atoms with van der Waals surface area (Å²) < 4.78 is 22.9. The van der Waals surface area contributed by atoms with Crippen molar-refractivity contribution in [2.24, 2.45) is 23.2 Å². The fraction of sp³-hybridized carbons (Fsp3) is 0.875. The van der Waals surface area contributed by atoms with Gasteiger partial charge in [-0.05, 0) is 56.8 Å². The van der Waals surface area contributed by atoms with Crippen LogP contribution in [0.1, 0.15) is 60.3 Å². The average molecular weight is 440 g/mol. The van der Waals surface area contributed by atoms with Gasteiger partial charge in [-0.2, -0.15) is 0 Å². The predicted octanol–water partition coefficient (Wildman–Crippen LogP) is 3.01. The van der Waals surface area contributed by atoms with Crippen molar-refractivity contribution in [3.05, 3.63) is 11.6 Å². The summed E-state index contributed by atoms with van der Waals surface area (Å²) in [4.78, 5) is 12.0. The van der Waals surface area contributed by atoms with Gasteiger partial charge in [0.25, 0.3) is 0 Å². The van der Waals surface area contributed by atoms with Crippen molar-refractivity contribution >= 4 is 5.97 Å². The van der Waals surface area contributed by atoms with Crippen LogP contribution in [0.3, 0.4) is 0 Å². The van der Waals surface area contributed by atoms with E-state index in [-0.39, 0.29) is 35.1 Å². The van der Waals surface area contributed by atoms with E-state index in [1.165, 1.54) is 12.7 Å². The number of carbonyl (C=O) groups is 1. The van der Waals surface area contributed by atoms with Gasteiger partial charge in [0, 0.05) is 13.0 Å². The van der Waals surface area contributed by atoms with Gasteiger partial charge in [0.2, 0.25) is 6.41 Å². The minimum Gasteiger partial charge on any atom is -0.468 e. The van der Waals surface area contributed by atoms with Gasteiger partial charge in [0.05, 0.1) is 31.5 Å². The first-order valence-electron chi connectivity index (χ1n) is 11.6. The van der Waals surface area contributed by atoms with Crippen LogP contribution in [0.25, 0.3) is 0 Å². The molecule has 2 N–H and O–H groups in total. The Kier molecular flexibility index (Phi) is 7.53. The van der Waals surface area contributed by atoms with Gasteiger partial charge < -0.3 is 24.1 Å². The lowest BCUT2D eigenvalue weighted by atomic mass is 9.67. The molecule has 0 amide bonds. The first-order valence-corrected chi connectivity index (χ1v) is 11.6. The highest BCUT2D eigenvalue weighted by Gasteiger charge is 2.70.